The summed E-state index contributed by atoms with van der Waals surface area (Å²) in [5.41, 5.74) is 1.13. The van der Waals surface area contributed by atoms with E-state index in [-0.39, 0.29) is 31.3 Å². The Morgan fingerprint density at radius 2 is 2.19 bits per heavy atom. The predicted octanol–water partition coefficient (Wildman–Crippen LogP) is 2.96. The van der Waals surface area contributed by atoms with E-state index in [1.165, 1.54) is 12.1 Å². The third kappa shape index (κ3) is 4.82. The van der Waals surface area contributed by atoms with Crippen LogP contribution in [0.25, 0.3) is 0 Å². The summed E-state index contributed by atoms with van der Waals surface area (Å²) in [7, 11) is 1.62. The summed E-state index contributed by atoms with van der Waals surface area (Å²) in [6.07, 6.45) is 2.36. The highest BCUT2D eigenvalue weighted by atomic mass is 19.1. The van der Waals surface area contributed by atoms with Gasteiger partial charge >= 0.3 is 0 Å². The minimum atomic E-state index is -0.339. The largest absolute Gasteiger partial charge is 0.384 e. The first kappa shape index (κ1) is 19.9. The van der Waals surface area contributed by atoms with Crippen LogP contribution in [0.2, 0.25) is 0 Å². The van der Waals surface area contributed by atoms with E-state index in [4.69, 9.17) is 9.57 Å². The zero-order chi connectivity index (χ0) is 19.2. The van der Waals surface area contributed by atoms with E-state index in [0.717, 1.165) is 18.7 Å². The zero-order valence-corrected chi connectivity index (χ0v) is 15.5. The third-order valence-corrected chi connectivity index (χ3v) is 4.35. The summed E-state index contributed by atoms with van der Waals surface area (Å²) >= 11 is 0. The lowest BCUT2D eigenvalue weighted by Crippen LogP contribution is -2.56. The number of nitrogens with zero attached hydrogens (tertiary/aromatic N) is 2. The molecule has 1 N–H and O–H groups in total. The molecular formula is C19H28FN3O3. The van der Waals surface area contributed by atoms with E-state index >= 15 is 0 Å². The Kier molecular flexibility index (Phi) is 6.74. The second-order valence-electron chi connectivity index (χ2n) is 6.79. The van der Waals surface area contributed by atoms with E-state index in [9.17, 15) is 9.18 Å². The van der Waals surface area contributed by atoms with Gasteiger partial charge in [-0.3, -0.25) is 4.79 Å². The van der Waals surface area contributed by atoms with E-state index in [1.54, 1.807) is 25.3 Å². The smallest absolute Gasteiger partial charge is 0.245 e. The van der Waals surface area contributed by atoms with E-state index in [1.807, 2.05) is 18.7 Å². The van der Waals surface area contributed by atoms with Crippen molar-refractivity contribution in [3.63, 3.8) is 0 Å². The van der Waals surface area contributed by atoms with Gasteiger partial charge in [0, 0.05) is 26.2 Å². The number of allylic oxidation sites excluding steroid dienone is 1. The fourth-order valence-electron chi connectivity index (χ4n) is 2.80. The van der Waals surface area contributed by atoms with Crippen molar-refractivity contribution in [2.45, 2.75) is 26.3 Å². The maximum absolute atomic E-state index is 13.0. The molecule has 1 aliphatic rings. The Balaban J connectivity index is 0.00000364. The molecule has 1 amide bonds. The number of carbonyl (C=O) groups excluding carboxylic acids is 1. The Bertz CT molecular complexity index is 665. The lowest BCUT2D eigenvalue weighted by molar-refractivity contribution is -0.125. The summed E-state index contributed by atoms with van der Waals surface area (Å²) in [4.78, 5) is 19.4. The molecule has 0 bridgehead atoms. The molecule has 1 fully saturated rings. The first-order valence-electron chi connectivity index (χ1n) is 8.51. The molecule has 1 heterocycles. The predicted molar refractivity (Wildman–Crippen MR) is 102 cm³/mol. The Morgan fingerprint density at radius 1 is 1.50 bits per heavy atom. The van der Waals surface area contributed by atoms with Gasteiger partial charge in [-0.2, -0.15) is 0 Å². The van der Waals surface area contributed by atoms with Crippen LogP contribution in [0.15, 0.2) is 42.1 Å². The third-order valence-electron chi connectivity index (χ3n) is 4.35. The molecule has 0 aliphatic carbocycles. The molecule has 0 saturated carbocycles. The Morgan fingerprint density at radius 3 is 2.73 bits per heavy atom. The molecule has 7 heteroatoms. The molecule has 1 aromatic carbocycles. The van der Waals surface area contributed by atoms with Crippen LogP contribution in [0.3, 0.4) is 0 Å². The zero-order valence-electron chi connectivity index (χ0n) is 15.5. The van der Waals surface area contributed by atoms with Gasteiger partial charge in [0.05, 0.1) is 12.3 Å². The molecule has 0 spiro atoms. The number of hydrogen-bond acceptors (Lipinski definition) is 5. The average Bonchev–Trinajstić information content (AvgIpc) is 2.55. The van der Waals surface area contributed by atoms with Crippen molar-refractivity contribution in [2.75, 3.05) is 31.9 Å². The molecule has 0 radical (unpaired) electrons. The lowest BCUT2D eigenvalue weighted by Gasteiger charge is -2.41. The Labute approximate surface area is 155 Å². The summed E-state index contributed by atoms with van der Waals surface area (Å²) in [6.45, 7) is 8.87. The summed E-state index contributed by atoms with van der Waals surface area (Å²) < 4.78 is 18.2. The number of anilines is 1. The highest BCUT2D eigenvalue weighted by Gasteiger charge is 2.34. The van der Waals surface area contributed by atoms with Gasteiger partial charge in [-0.05, 0) is 36.8 Å². The SMILES string of the molecule is C=C/C(=N\OCNC(=O)[C@@H]1CCN1c1ccc(F)cc1)C(C)(C)COC.[HH]. The van der Waals surface area contributed by atoms with Gasteiger partial charge in [0.2, 0.25) is 5.91 Å². The van der Waals surface area contributed by atoms with Crippen molar-refractivity contribution in [3.05, 3.63) is 42.7 Å². The van der Waals surface area contributed by atoms with E-state index < -0.39 is 0 Å². The van der Waals surface area contributed by atoms with Crippen LogP contribution in [-0.4, -0.2) is 44.7 Å². The van der Waals surface area contributed by atoms with Crippen LogP contribution < -0.4 is 10.2 Å². The molecule has 0 aromatic heterocycles. The Hall–Kier alpha value is -2.41. The van der Waals surface area contributed by atoms with Crippen molar-refractivity contribution < 1.29 is 20.2 Å². The summed E-state index contributed by atoms with van der Waals surface area (Å²) in [6, 6.07) is 5.84. The molecule has 2 rings (SSSR count). The number of amides is 1. The molecule has 144 valence electrons. The summed E-state index contributed by atoms with van der Waals surface area (Å²) in [5, 5.41) is 6.75. The number of benzene rings is 1. The van der Waals surface area contributed by atoms with E-state index in [0.29, 0.717) is 12.3 Å². The van der Waals surface area contributed by atoms with Gasteiger partial charge in [-0.15, -0.1) is 0 Å². The standard InChI is InChI=1S/C19H26FN3O3.H2/c1-5-17(19(2,3)12-25-4)22-26-13-21-18(24)16-10-11-23(16)15-8-6-14(20)7-9-15;/h5-9,16H,1,10-13H2,2-4H3,(H,21,24);1H/b22-17+;/t16-;/m0./s1. The maximum atomic E-state index is 13.0. The van der Waals surface area contributed by atoms with Gasteiger partial charge in [-0.1, -0.05) is 25.6 Å². The number of nitrogens with one attached hydrogen (secondary N) is 1. The minimum Gasteiger partial charge on any atom is -0.384 e. The minimum absolute atomic E-state index is 0. The summed E-state index contributed by atoms with van der Waals surface area (Å²) in [5.74, 6) is -0.442. The average molecular weight is 365 g/mol. The van der Waals surface area contributed by atoms with Gasteiger partial charge < -0.3 is 19.8 Å². The second kappa shape index (κ2) is 8.80. The van der Waals surface area contributed by atoms with Gasteiger partial charge in [-0.25, -0.2) is 4.39 Å². The fraction of sp³-hybridized carbons (Fsp3) is 0.474. The van der Waals surface area contributed by atoms with Gasteiger partial charge in [0.1, 0.15) is 11.9 Å². The quantitative estimate of drug-likeness (QED) is 0.316. The lowest BCUT2D eigenvalue weighted by atomic mass is 9.88. The van der Waals surface area contributed by atoms with Crippen molar-refractivity contribution in [1.29, 1.82) is 0 Å². The second-order valence-corrected chi connectivity index (χ2v) is 6.79. The van der Waals surface area contributed by atoms with Crippen molar-refractivity contribution in [1.82, 2.24) is 5.32 Å². The topological polar surface area (TPSA) is 63.2 Å². The number of methoxy groups -OCH3 is 1. The maximum Gasteiger partial charge on any atom is 0.245 e. The number of oxime groups is 1. The normalized spacial score (nSPS) is 17.5. The fourth-order valence-corrected chi connectivity index (χ4v) is 2.80. The molecular weight excluding hydrogens is 337 g/mol. The monoisotopic (exact) mass is 365 g/mol. The van der Waals surface area contributed by atoms with Crippen LogP contribution in [0.4, 0.5) is 10.1 Å². The number of hydrogen-bond donors (Lipinski definition) is 1. The molecule has 1 aromatic rings. The highest BCUT2D eigenvalue weighted by molar-refractivity contribution is 5.98. The van der Waals surface area contributed by atoms with Crippen LogP contribution in [0.1, 0.15) is 21.7 Å². The van der Waals surface area contributed by atoms with E-state index in [2.05, 4.69) is 17.1 Å². The number of ether oxygens (including phenoxy) is 1. The van der Waals surface area contributed by atoms with Crippen LogP contribution in [0.5, 0.6) is 0 Å². The molecule has 26 heavy (non-hydrogen) atoms. The molecule has 1 atom stereocenters. The van der Waals surface area contributed by atoms with Crippen molar-refractivity contribution in [3.8, 4) is 0 Å². The van der Waals surface area contributed by atoms with Crippen molar-refractivity contribution in [2.24, 2.45) is 10.6 Å². The molecule has 1 saturated heterocycles. The molecule has 6 nitrogen and oxygen atoms in total. The first-order chi connectivity index (χ1) is 12.4. The molecule has 1 aliphatic heterocycles. The number of rotatable bonds is 9. The van der Waals surface area contributed by atoms with Gasteiger partial charge in [0.15, 0.2) is 6.73 Å². The first-order valence-corrected chi connectivity index (χ1v) is 8.51. The number of halogens is 1. The molecule has 0 unspecified atom stereocenters. The number of carbonyl (C=O) groups is 1. The van der Waals surface area contributed by atoms with Gasteiger partial charge in [0.25, 0.3) is 0 Å². The van der Waals surface area contributed by atoms with Crippen LogP contribution in [-0.2, 0) is 14.4 Å². The van der Waals surface area contributed by atoms with Crippen molar-refractivity contribution >= 4 is 17.3 Å². The highest BCUT2D eigenvalue weighted by Crippen LogP contribution is 2.26. The van der Waals surface area contributed by atoms with Crippen LogP contribution in [0, 0.1) is 11.2 Å². The van der Waals surface area contributed by atoms with Crippen LogP contribution >= 0.6 is 0 Å².